The predicted molar refractivity (Wildman–Crippen MR) is 106 cm³/mol. The third kappa shape index (κ3) is 2.99. The molecule has 1 fully saturated rings. The Morgan fingerprint density at radius 1 is 0.967 bits per heavy atom. The second-order valence-electron chi connectivity index (χ2n) is 7.41. The number of benzene rings is 2. The van der Waals surface area contributed by atoms with Crippen molar-refractivity contribution in [2.24, 2.45) is 0 Å². The molecular formula is C21H19ClN2O6. The number of halogens is 1. The Hall–Kier alpha value is -3.13. The largest absolute Gasteiger partial charge is 0.486 e. The van der Waals surface area contributed by atoms with Gasteiger partial charge in [0.05, 0.1) is 11.6 Å². The first kappa shape index (κ1) is 18.9. The molecule has 0 bridgehead atoms. The molecule has 156 valence electrons. The van der Waals surface area contributed by atoms with Gasteiger partial charge in [-0.15, -0.1) is 0 Å². The van der Waals surface area contributed by atoms with Crippen molar-refractivity contribution in [3.8, 4) is 23.0 Å². The number of nitrogens with one attached hydrogen (secondary N) is 1. The number of imide groups is 1. The third-order valence-corrected chi connectivity index (χ3v) is 5.67. The maximum absolute atomic E-state index is 13.3. The van der Waals surface area contributed by atoms with E-state index in [-0.39, 0.29) is 12.5 Å². The molecule has 3 amide bonds. The fourth-order valence-corrected chi connectivity index (χ4v) is 4.12. The Morgan fingerprint density at radius 2 is 1.67 bits per heavy atom. The van der Waals surface area contributed by atoms with Gasteiger partial charge >= 0.3 is 6.03 Å². The first-order chi connectivity index (χ1) is 14.5. The topological polar surface area (TPSA) is 86.3 Å². The van der Waals surface area contributed by atoms with Gasteiger partial charge in [0.2, 0.25) is 0 Å². The number of urea groups is 1. The Balaban J connectivity index is 1.42. The lowest BCUT2D eigenvalue weighted by Gasteiger charge is -2.25. The number of carbonyl (C=O) groups excluding carboxylic acids is 2. The van der Waals surface area contributed by atoms with E-state index < -0.39 is 11.6 Å². The van der Waals surface area contributed by atoms with Crippen LogP contribution in [0.25, 0.3) is 0 Å². The fraction of sp³-hybridized carbons (Fsp3) is 0.333. The highest BCUT2D eigenvalue weighted by Gasteiger charge is 2.49. The highest BCUT2D eigenvalue weighted by atomic mass is 35.5. The molecule has 0 radical (unpaired) electrons. The van der Waals surface area contributed by atoms with Crippen LogP contribution < -0.4 is 24.3 Å². The van der Waals surface area contributed by atoms with Gasteiger partial charge in [-0.05, 0) is 42.3 Å². The number of nitrogens with zero attached hydrogens (tertiary/aromatic N) is 1. The van der Waals surface area contributed by atoms with Crippen LogP contribution in [0.1, 0.15) is 18.1 Å². The number of amides is 3. The van der Waals surface area contributed by atoms with E-state index >= 15 is 0 Å². The van der Waals surface area contributed by atoms with E-state index in [4.69, 9.17) is 30.5 Å². The molecule has 0 aromatic heterocycles. The Morgan fingerprint density at radius 3 is 2.47 bits per heavy atom. The van der Waals surface area contributed by atoms with Gasteiger partial charge in [-0.1, -0.05) is 17.7 Å². The molecule has 1 N–H and O–H groups in total. The van der Waals surface area contributed by atoms with Gasteiger partial charge in [-0.3, -0.25) is 9.69 Å². The quantitative estimate of drug-likeness (QED) is 0.753. The average Bonchev–Trinajstić information content (AvgIpc) is 2.97. The van der Waals surface area contributed by atoms with Gasteiger partial charge in [-0.25, -0.2) is 4.79 Å². The summed E-state index contributed by atoms with van der Waals surface area (Å²) in [6, 6.07) is 8.17. The van der Waals surface area contributed by atoms with Crippen molar-refractivity contribution in [3.63, 3.8) is 0 Å². The molecule has 0 aliphatic carbocycles. The summed E-state index contributed by atoms with van der Waals surface area (Å²) in [6.45, 7) is 3.48. The van der Waals surface area contributed by atoms with Crippen LogP contribution in [0.2, 0.25) is 5.02 Å². The normalized spacial score (nSPS) is 22.1. The average molecular weight is 431 g/mol. The number of ether oxygens (including phenoxy) is 4. The fourth-order valence-electron chi connectivity index (χ4n) is 3.83. The molecule has 3 aliphatic heterocycles. The van der Waals surface area contributed by atoms with E-state index in [2.05, 4.69) is 5.32 Å². The van der Waals surface area contributed by atoms with Gasteiger partial charge in [0.1, 0.15) is 32.0 Å². The van der Waals surface area contributed by atoms with E-state index in [0.717, 1.165) is 0 Å². The summed E-state index contributed by atoms with van der Waals surface area (Å²) in [5.74, 6) is 1.79. The van der Waals surface area contributed by atoms with Crippen molar-refractivity contribution in [1.29, 1.82) is 0 Å². The summed E-state index contributed by atoms with van der Waals surface area (Å²) in [5.41, 5.74) is 0.0665. The molecule has 8 nitrogen and oxygen atoms in total. The van der Waals surface area contributed by atoms with Crippen molar-refractivity contribution in [3.05, 3.63) is 46.5 Å². The zero-order valence-electron chi connectivity index (χ0n) is 16.2. The maximum Gasteiger partial charge on any atom is 0.325 e. The van der Waals surface area contributed by atoms with E-state index in [0.29, 0.717) is 65.6 Å². The Kier molecular flexibility index (Phi) is 4.39. The molecule has 5 rings (SSSR count). The molecule has 2 aromatic rings. The SMILES string of the molecule is C[C@@]1(c2ccc3c(c2)OCCO3)NC(=O)N(Cc2cc(Cl)c3c(c2)OCCO3)C1=O. The maximum atomic E-state index is 13.3. The van der Waals surface area contributed by atoms with Crippen LogP contribution in [0.5, 0.6) is 23.0 Å². The van der Waals surface area contributed by atoms with E-state index in [9.17, 15) is 9.59 Å². The van der Waals surface area contributed by atoms with Crippen molar-refractivity contribution in [2.45, 2.75) is 19.0 Å². The summed E-state index contributed by atoms with van der Waals surface area (Å²) < 4.78 is 22.3. The van der Waals surface area contributed by atoms with Crippen molar-refractivity contribution in [1.82, 2.24) is 10.2 Å². The van der Waals surface area contributed by atoms with Crippen LogP contribution in [0.4, 0.5) is 4.79 Å². The van der Waals surface area contributed by atoms with Crippen LogP contribution in [-0.4, -0.2) is 43.3 Å². The highest BCUT2D eigenvalue weighted by molar-refractivity contribution is 6.32. The van der Waals surface area contributed by atoms with Gasteiger partial charge in [0.25, 0.3) is 5.91 Å². The summed E-state index contributed by atoms with van der Waals surface area (Å²) in [4.78, 5) is 27.1. The van der Waals surface area contributed by atoms with Gasteiger partial charge in [-0.2, -0.15) is 0 Å². The summed E-state index contributed by atoms with van der Waals surface area (Å²) in [5, 5.41) is 3.18. The van der Waals surface area contributed by atoms with Crippen molar-refractivity contribution in [2.75, 3.05) is 26.4 Å². The predicted octanol–water partition coefficient (Wildman–Crippen LogP) is 2.85. The zero-order valence-corrected chi connectivity index (χ0v) is 17.0. The van der Waals surface area contributed by atoms with Gasteiger partial charge in [0.15, 0.2) is 23.0 Å². The smallest absolute Gasteiger partial charge is 0.325 e. The van der Waals surface area contributed by atoms with E-state index in [1.807, 2.05) is 0 Å². The molecule has 3 heterocycles. The number of carbonyl (C=O) groups is 2. The van der Waals surface area contributed by atoms with Gasteiger partial charge < -0.3 is 24.3 Å². The Labute approximate surface area is 177 Å². The number of hydrogen-bond donors (Lipinski definition) is 1. The first-order valence-electron chi connectivity index (χ1n) is 9.58. The first-order valence-corrected chi connectivity index (χ1v) is 9.96. The Bertz CT molecular complexity index is 1060. The van der Waals surface area contributed by atoms with E-state index in [1.165, 1.54) is 4.90 Å². The van der Waals surface area contributed by atoms with Crippen LogP contribution in [0, 0.1) is 0 Å². The lowest BCUT2D eigenvalue weighted by molar-refractivity contribution is -0.131. The van der Waals surface area contributed by atoms with Gasteiger partial charge in [0, 0.05) is 0 Å². The molecule has 1 saturated heterocycles. The number of rotatable bonds is 3. The minimum Gasteiger partial charge on any atom is -0.486 e. The second kappa shape index (κ2) is 6.98. The molecule has 2 aromatic carbocycles. The summed E-state index contributed by atoms with van der Waals surface area (Å²) >= 11 is 6.29. The second-order valence-corrected chi connectivity index (χ2v) is 7.81. The molecule has 0 spiro atoms. The lowest BCUT2D eigenvalue weighted by atomic mass is 9.91. The van der Waals surface area contributed by atoms with Crippen LogP contribution in [0.15, 0.2) is 30.3 Å². The molecule has 1 atom stereocenters. The standard InChI is InChI=1S/C21H19ClN2O6/c1-21(13-2-3-15-16(10-13)28-5-4-27-15)19(25)24(20(26)23-21)11-12-8-14(22)18-17(9-12)29-6-7-30-18/h2-3,8-10H,4-7,11H2,1H3,(H,23,26)/t21-/m0/s1. The van der Waals surface area contributed by atoms with Crippen LogP contribution in [-0.2, 0) is 16.9 Å². The zero-order chi connectivity index (χ0) is 20.9. The lowest BCUT2D eigenvalue weighted by Crippen LogP contribution is -2.41. The highest BCUT2D eigenvalue weighted by Crippen LogP contribution is 2.40. The van der Waals surface area contributed by atoms with Crippen molar-refractivity contribution < 1.29 is 28.5 Å². The number of hydrogen-bond acceptors (Lipinski definition) is 6. The third-order valence-electron chi connectivity index (χ3n) is 5.39. The van der Waals surface area contributed by atoms with Crippen LogP contribution in [0.3, 0.4) is 0 Å². The molecule has 0 unspecified atom stereocenters. The molecule has 9 heteroatoms. The molecule has 30 heavy (non-hydrogen) atoms. The molecule has 3 aliphatic rings. The summed E-state index contributed by atoms with van der Waals surface area (Å²) in [6.07, 6.45) is 0. The minimum atomic E-state index is -1.22. The van der Waals surface area contributed by atoms with E-state index in [1.54, 1.807) is 37.3 Å². The summed E-state index contributed by atoms with van der Waals surface area (Å²) in [7, 11) is 0. The minimum absolute atomic E-state index is 0.0567. The number of fused-ring (bicyclic) bond motifs is 2. The monoisotopic (exact) mass is 430 g/mol. The van der Waals surface area contributed by atoms with Crippen LogP contribution >= 0.6 is 11.6 Å². The molecule has 0 saturated carbocycles. The van der Waals surface area contributed by atoms with Crippen molar-refractivity contribution >= 4 is 23.5 Å². The molecular weight excluding hydrogens is 412 g/mol.